The molecule has 18 heavy (non-hydrogen) atoms. The molecule has 1 aromatic carbocycles. The zero-order valence-corrected chi connectivity index (χ0v) is 10.9. The molecule has 0 saturated carbocycles. The van der Waals surface area contributed by atoms with Crippen molar-refractivity contribution < 1.29 is 13.9 Å². The van der Waals surface area contributed by atoms with Crippen molar-refractivity contribution in [2.75, 3.05) is 24.6 Å². The number of anilines is 1. The molecule has 0 spiro atoms. The molecule has 0 fully saturated rings. The summed E-state index contributed by atoms with van der Waals surface area (Å²) in [5.41, 5.74) is 7.04. The number of aliphatic hydroxyl groups excluding tert-OH is 1. The average molecular weight is 279 g/mol. The molecule has 0 bridgehead atoms. The van der Waals surface area contributed by atoms with Crippen molar-refractivity contribution >= 4 is 17.3 Å². The molecule has 1 aromatic rings. The fourth-order valence-electron chi connectivity index (χ4n) is 1.66. The molecule has 102 valence electrons. The summed E-state index contributed by atoms with van der Waals surface area (Å²) in [6.45, 7) is 1.26. The van der Waals surface area contributed by atoms with Crippen LogP contribution in [-0.4, -0.2) is 31.2 Å². The Hall–Kier alpha value is -0.910. The summed E-state index contributed by atoms with van der Waals surface area (Å²) >= 11 is 6.06. The van der Waals surface area contributed by atoms with E-state index in [0.29, 0.717) is 10.7 Å². The quantitative estimate of drug-likeness (QED) is 0.840. The number of nitrogens with two attached hydrogens (primary N) is 1. The van der Waals surface area contributed by atoms with Crippen LogP contribution in [0.4, 0.5) is 14.5 Å². The minimum Gasteiger partial charge on any atom is -0.395 e. The fraction of sp³-hybridized carbons (Fsp3) is 0.500. The van der Waals surface area contributed by atoms with Crippen molar-refractivity contribution in [1.82, 2.24) is 0 Å². The number of alkyl halides is 2. The topological polar surface area (TPSA) is 49.5 Å². The number of nitrogens with zero attached hydrogens (tertiary/aromatic N) is 1. The first-order valence-corrected chi connectivity index (χ1v) is 6.02. The second-order valence-corrected chi connectivity index (χ2v) is 4.47. The molecule has 0 saturated heterocycles. The van der Waals surface area contributed by atoms with Gasteiger partial charge in [0.1, 0.15) is 0 Å². The highest BCUT2D eigenvalue weighted by Gasteiger charge is 2.15. The smallest absolute Gasteiger partial charge is 0.255 e. The summed E-state index contributed by atoms with van der Waals surface area (Å²) in [5, 5.41) is 9.26. The van der Waals surface area contributed by atoms with Gasteiger partial charge in [-0.1, -0.05) is 17.7 Å². The minimum absolute atomic E-state index is 0.113. The van der Waals surface area contributed by atoms with Crippen molar-refractivity contribution in [2.45, 2.75) is 19.4 Å². The highest BCUT2D eigenvalue weighted by atomic mass is 35.5. The van der Waals surface area contributed by atoms with Crippen molar-refractivity contribution in [3.05, 3.63) is 28.8 Å². The summed E-state index contributed by atoms with van der Waals surface area (Å²) in [4.78, 5) is 1.36. The van der Waals surface area contributed by atoms with E-state index in [1.165, 1.54) is 4.90 Å². The van der Waals surface area contributed by atoms with Gasteiger partial charge < -0.3 is 15.7 Å². The van der Waals surface area contributed by atoms with Gasteiger partial charge in [0.15, 0.2) is 0 Å². The molecule has 3 nitrogen and oxygen atoms in total. The third-order valence-electron chi connectivity index (χ3n) is 2.57. The molecule has 1 atom stereocenters. The van der Waals surface area contributed by atoms with E-state index in [1.807, 2.05) is 6.92 Å². The maximum absolute atomic E-state index is 12.4. The lowest BCUT2D eigenvalue weighted by Crippen LogP contribution is -2.31. The molecule has 1 rings (SSSR count). The second-order valence-electron chi connectivity index (χ2n) is 4.06. The maximum atomic E-state index is 12.4. The maximum Gasteiger partial charge on any atom is 0.255 e. The number of hydrogen-bond acceptors (Lipinski definition) is 3. The van der Waals surface area contributed by atoms with Crippen molar-refractivity contribution in [3.8, 4) is 0 Å². The van der Waals surface area contributed by atoms with Gasteiger partial charge in [-0.2, -0.15) is 0 Å². The highest BCUT2D eigenvalue weighted by Crippen LogP contribution is 2.28. The van der Waals surface area contributed by atoms with Gasteiger partial charge in [0.25, 0.3) is 6.43 Å². The molecule has 0 amide bonds. The van der Waals surface area contributed by atoms with Crippen LogP contribution in [0.15, 0.2) is 18.2 Å². The molecule has 0 heterocycles. The van der Waals surface area contributed by atoms with Crippen molar-refractivity contribution in [3.63, 3.8) is 0 Å². The number of aliphatic hydroxyl groups is 1. The molecular formula is C12H17ClF2N2O. The summed E-state index contributed by atoms with van der Waals surface area (Å²) in [5.74, 6) is 0. The average Bonchev–Trinajstić information content (AvgIpc) is 2.27. The van der Waals surface area contributed by atoms with Crippen molar-refractivity contribution in [1.29, 1.82) is 0 Å². The molecule has 3 N–H and O–H groups in total. The Balaban J connectivity index is 2.97. The van der Waals surface area contributed by atoms with Crippen LogP contribution in [0.3, 0.4) is 0 Å². The lowest BCUT2D eigenvalue weighted by molar-refractivity contribution is 0.153. The predicted molar refractivity (Wildman–Crippen MR) is 69.4 cm³/mol. The van der Waals surface area contributed by atoms with Gasteiger partial charge in [-0.05, 0) is 24.6 Å². The molecule has 0 aliphatic carbocycles. The Morgan fingerprint density at radius 2 is 2.11 bits per heavy atom. The van der Waals surface area contributed by atoms with E-state index in [4.69, 9.17) is 22.4 Å². The van der Waals surface area contributed by atoms with Crippen molar-refractivity contribution in [2.24, 2.45) is 5.73 Å². The van der Waals surface area contributed by atoms with E-state index in [0.717, 1.165) is 5.56 Å². The largest absolute Gasteiger partial charge is 0.395 e. The zero-order valence-electron chi connectivity index (χ0n) is 10.1. The number of rotatable bonds is 6. The van der Waals surface area contributed by atoms with Gasteiger partial charge in [-0.25, -0.2) is 8.78 Å². The van der Waals surface area contributed by atoms with Gasteiger partial charge in [0.2, 0.25) is 0 Å². The van der Waals surface area contributed by atoms with Crippen LogP contribution < -0.4 is 10.6 Å². The number of halogens is 3. The van der Waals surface area contributed by atoms with Crippen LogP contribution in [0.2, 0.25) is 5.02 Å². The lowest BCUT2D eigenvalue weighted by Gasteiger charge is -2.25. The summed E-state index contributed by atoms with van der Waals surface area (Å²) in [6.07, 6.45) is -2.49. The zero-order chi connectivity index (χ0) is 13.7. The Kier molecular flexibility index (Phi) is 5.78. The van der Waals surface area contributed by atoms with Crippen LogP contribution in [0.1, 0.15) is 18.5 Å². The monoisotopic (exact) mass is 278 g/mol. The van der Waals surface area contributed by atoms with Gasteiger partial charge >= 0.3 is 0 Å². The van der Waals surface area contributed by atoms with E-state index in [-0.39, 0.29) is 19.2 Å². The third-order valence-corrected chi connectivity index (χ3v) is 2.87. The third kappa shape index (κ3) is 4.08. The Morgan fingerprint density at radius 3 is 2.56 bits per heavy atom. The molecule has 0 aliphatic heterocycles. The van der Waals surface area contributed by atoms with Gasteiger partial charge in [-0.3, -0.25) is 0 Å². The SMILES string of the molecule is CC(N)c1ccc(N(CCO)CC(F)F)c(Cl)c1. The Labute approximate surface area is 110 Å². The van der Waals surface area contributed by atoms with Crippen LogP contribution in [0.5, 0.6) is 0 Å². The molecule has 0 radical (unpaired) electrons. The number of hydrogen-bond donors (Lipinski definition) is 2. The van der Waals surface area contributed by atoms with Crippen LogP contribution in [0, 0.1) is 0 Å². The normalized spacial score (nSPS) is 12.8. The number of benzene rings is 1. The Bertz CT molecular complexity index is 388. The summed E-state index contributed by atoms with van der Waals surface area (Å²) in [6, 6.07) is 4.90. The molecule has 0 aromatic heterocycles. The first-order valence-electron chi connectivity index (χ1n) is 5.64. The standard InChI is InChI=1S/C12H17ClF2N2O/c1-8(16)9-2-3-11(10(13)6-9)17(4-5-18)7-12(14)15/h2-3,6,8,12,18H,4-5,7,16H2,1H3. The van der Waals surface area contributed by atoms with E-state index in [2.05, 4.69) is 0 Å². The minimum atomic E-state index is -2.49. The first-order chi connectivity index (χ1) is 8.45. The fourth-order valence-corrected chi connectivity index (χ4v) is 1.97. The summed E-state index contributed by atoms with van der Waals surface area (Å²) < 4.78 is 24.9. The van der Waals surface area contributed by atoms with Gasteiger partial charge in [0.05, 0.1) is 23.9 Å². The second kappa shape index (κ2) is 6.87. The Morgan fingerprint density at radius 1 is 1.44 bits per heavy atom. The molecule has 0 aliphatic rings. The highest BCUT2D eigenvalue weighted by molar-refractivity contribution is 6.33. The predicted octanol–water partition coefficient (Wildman–Crippen LogP) is 2.42. The van der Waals surface area contributed by atoms with E-state index < -0.39 is 13.0 Å². The first kappa shape index (κ1) is 15.1. The lowest BCUT2D eigenvalue weighted by atomic mass is 10.1. The van der Waals surface area contributed by atoms with E-state index in [9.17, 15) is 8.78 Å². The van der Waals surface area contributed by atoms with E-state index in [1.54, 1.807) is 18.2 Å². The van der Waals surface area contributed by atoms with Crippen LogP contribution in [0.25, 0.3) is 0 Å². The van der Waals surface area contributed by atoms with Gasteiger partial charge in [0, 0.05) is 12.6 Å². The van der Waals surface area contributed by atoms with Crippen LogP contribution in [-0.2, 0) is 0 Å². The molecular weight excluding hydrogens is 262 g/mol. The van der Waals surface area contributed by atoms with Gasteiger partial charge in [-0.15, -0.1) is 0 Å². The van der Waals surface area contributed by atoms with Crippen LogP contribution >= 0.6 is 11.6 Å². The molecule has 6 heteroatoms. The molecule has 1 unspecified atom stereocenters. The summed E-state index contributed by atoms with van der Waals surface area (Å²) in [7, 11) is 0. The van der Waals surface area contributed by atoms with E-state index >= 15 is 0 Å².